The number of anilines is 3. The molecule has 1 fully saturated rings. The lowest BCUT2D eigenvalue weighted by atomic mass is 10.2. The maximum atomic E-state index is 12.7. The minimum absolute atomic E-state index is 0.121. The van der Waals surface area contributed by atoms with Gasteiger partial charge in [-0.3, -0.25) is 4.79 Å². The highest BCUT2D eigenvalue weighted by molar-refractivity contribution is 5.96. The molecule has 1 heterocycles. The van der Waals surface area contributed by atoms with Crippen molar-refractivity contribution in [2.45, 2.75) is 13.8 Å². The van der Waals surface area contributed by atoms with E-state index in [1.807, 2.05) is 68.3 Å². The van der Waals surface area contributed by atoms with Crippen LogP contribution in [0, 0.1) is 0 Å². The van der Waals surface area contributed by atoms with E-state index in [9.17, 15) is 4.79 Å². The lowest BCUT2D eigenvalue weighted by molar-refractivity contribution is -0.114. The molecule has 0 saturated carbocycles. The maximum absolute atomic E-state index is 12.7. The smallest absolute Gasteiger partial charge is 0.243 e. The van der Waals surface area contributed by atoms with Crippen molar-refractivity contribution in [3.63, 3.8) is 0 Å². The second-order valence-electron chi connectivity index (χ2n) is 7.02. The van der Waals surface area contributed by atoms with Crippen LogP contribution in [0.4, 0.5) is 17.1 Å². The van der Waals surface area contributed by atoms with Crippen LogP contribution in [-0.2, 0) is 9.53 Å². The Kier molecular flexibility index (Phi) is 7.79. The van der Waals surface area contributed by atoms with Crippen molar-refractivity contribution in [1.29, 1.82) is 0 Å². The summed E-state index contributed by atoms with van der Waals surface area (Å²) in [4.78, 5) is 16.9. The van der Waals surface area contributed by atoms with Crippen LogP contribution in [0.1, 0.15) is 13.8 Å². The quantitative estimate of drug-likeness (QED) is 0.680. The zero-order valence-corrected chi connectivity index (χ0v) is 18.0. The fraction of sp³-hybridized carbons (Fsp3) is 0.435. The van der Waals surface area contributed by atoms with Gasteiger partial charge < -0.3 is 29.3 Å². The largest absolute Gasteiger partial charge is 0.492 e. The third kappa shape index (κ3) is 5.57. The lowest BCUT2D eigenvalue weighted by Crippen LogP contribution is -2.36. The number of ether oxygens (including phenoxy) is 3. The Balaban J connectivity index is 1.81. The van der Waals surface area contributed by atoms with Gasteiger partial charge in [-0.1, -0.05) is 18.2 Å². The number of morpholine rings is 1. The standard InChI is InChI=1S/C23H31N3O4/c1-4-29-21-16-20(26-11-13-28-14-12-26)22(30-5-2)15-19(21)24-23(27)17-25(3)18-9-7-6-8-10-18/h6-10,15-16H,4-5,11-14,17H2,1-3H3,(H,24,27). The Bertz CT molecular complexity index is 823. The van der Waals surface area contributed by atoms with Gasteiger partial charge in [0.15, 0.2) is 0 Å². The molecule has 0 spiro atoms. The van der Waals surface area contributed by atoms with Gasteiger partial charge in [-0.05, 0) is 26.0 Å². The van der Waals surface area contributed by atoms with Crippen molar-refractivity contribution in [3.8, 4) is 11.5 Å². The van der Waals surface area contributed by atoms with E-state index in [-0.39, 0.29) is 12.5 Å². The molecular weight excluding hydrogens is 382 g/mol. The number of carbonyl (C=O) groups excluding carboxylic acids is 1. The molecule has 1 aliphatic rings. The van der Waals surface area contributed by atoms with E-state index in [0.717, 1.165) is 30.2 Å². The van der Waals surface area contributed by atoms with Gasteiger partial charge in [0.25, 0.3) is 0 Å². The highest BCUT2D eigenvalue weighted by atomic mass is 16.5. The summed E-state index contributed by atoms with van der Waals surface area (Å²) in [6.45, 7) is 8.09. The topological polar surface area (TPSA) is 63.3 Å². The van der Waals surface area contributed by atoms with Gasteiger partial charge in [-0.2, -0.15) is 0 Å². The number of hydrogen-bond acceptors (Lipinski definition) is 6. The Labute approximate surface area is 178 Å². The Morgan fingerprint density at radius 2 is 1.73 bits per heavy atom. The number of benzene rings is 2. The third-order valence-electron chi connectivity index (χ3n) is 4.86. The van der Waals surface area contributed by atoms with Crippen molar-refractivity contribution >= 4 is 23.0 Å². The summed E-state index contributed by atoms with van der Waals surface area (Å²) in [7, 11) is 1.89. The summed E-state index contributed by atoms with van der Waals surface area (Å²) in [5.41, 5.74) is 2.56. The molecule has 0 bridgehead atoms. The van der Waals surface area contributed by atoms with Crippen LogP contribution in [0.25, 0.3) is 0 Å². The van der Waals surface area contributed by atoms with Gasteiger partial charge in [0.2, 0.25) is 5.91 Å². The summed E-state index contributed by atoms with van der Waals surface area (Å²) in [6.07, 6.45) is 0. The molecule has 2 aromatic carbocycles. The average Bonchev–Trinajstić information content (AvgIpc) is 2.77. The predicted molar refractivity (Wildman–Crippen MR) is 120 cm³/mol. The first kappa shape index (κ1) is 21.8. The summed E-state index contributed by atoms with van der Waals surface area (Å²) in [6, 6.07) is 13.6. The fourth-order valence-corrected chi connectivity index (χ4v) is 3.42. The first-order valence-corrected chi connectivity index (χ1v) is 10.4. The van der Waals surface area contributed by atoms with E-state index in [1.54, 1.807) is 0 Å². The highest BCUT2D eigenvalue weighted by Crippen LogP contribution is 2.39. The molecule has 0 radical (unpaired) electrons. The number of nitrogens with zero attached hydrogens (tertiary/aromatic N) is 2. The molecule has 2 aromatic rings. The number of rotatable bonds is 9. The first-order valence-electron chi connectivity index (χ1n) is 10.4. The molecule has 7 nitrogen and oxygen atoms in total. The number of nitrogens with one attached hydrogen (secondary N) is 1. The Morgan fingerprint density at radius 1 is 1.07 bits per heavy atom. The second-order valence-corrected chi connectivity index (χ2v) is 7.02. The lowest BCUT2D eigenvalue weighted by Gasteiger charge is -2.31. The van der Waals surface area contributed by atoms with Gasteiger partial charge in [0.05, 0.1) is 44.3 Å². The molecular formula is C23H31N3O4. The van der Waals surface area contributed by atoms with Crippen molar-refractivity contribution in [2.24, 2.45) is 0 Å². The monoisotopic (exact) mass is 413 g/mol. The number of hydrogen-bond donors (Lipinski definition) is 1. The first-order chi connectivity index (χ1) is 14.6. The van der Waals surface area contributed by atoms with Gasteiger partial charge in [0, 0.05) is 38.0 Å². The second kappa shape index (κ2) is 10.7. The Hall–Kier alpha value is -2.93. The van der Waals surface area contributed by atoms with Crippen LogP contribution in [0.3, 0.4) is 0 Å². The SMILES string of the molecule is CCOc1cc(N2CCOCC2)c(OCC)cc1NC(=O)CN(C)c1ccccc1. The minimum atomic E-state index is -0.121. The third-order valence-corrected chi connectivity index (χ3v) is 4.86. The maximum Gasteiger partial charge on any atom is 0.243 e. The highest BCUT2D eigenvalue weighted by Gasteiger charge is 2.20. The van der Waals surface area contributed by atoms with Crippen molar-refractivity contribution in [1.82, 2.24) is 0 Å². The summed E-state index contributed by atoms with van der Waals surface area (Å²) >= 11 is 0. The average molecular weight is 414 g/mol. The Morgan fingerprint density at radius 3 is 2.40 bits per heavy atom. The fourth-order valence-electron chi connectivity index (χ4n) is 3.42. The molecule has 162 valence electrons. The van der Waals surface area contributed by atoms with E-state index in [2.05, 4.69) is 10.2 Å². The van der Waals surface area contributed by atoms with E-state index < -0.39 is 0 Å². The van der Waals surface area contributed by atoms with Crippen molar-refractivity contribution in [2.75, 3.05) is 68.2 Å². The molecule has 1 aliphatic heterocycles. The van der Waals surface area contributed by atoms with E-state index in [1.165, 1.54) is 0 Å². The van der Waals surface area contributed by atoms with E-state index >= 15 is 0 Å². The van der Waals surface area contributed by atoms with Gasteiger partial charge in [0.1, 0.15) is 11.5 Å². The molecule has 1 saturated heterocycles. The summed E-state index contributed by atoms with van der Waals surface area (Å²) in [5.74, 6) is 1.25. The molecule has 0 unspecified atom stereocenters. The molecule has 30 heavy (non-hydrogen) atoms. The van der Waals surface area contributed by atoms with Gasteiger partial charge >= 0.3 is 0 Å². The van der Waals surface area contributed by atoms with Crippen LogP contribution in [0.2, 0.25) is 0 Å². The normalized spacial score (nSPS) is 13.6. The molecule has 0 aromatic heterocycles. The number of amides is 1. The zero-order valence-electron chi connectivity index (χ0n) is 18.0. The zero-order chi connectivity index (χ0) is 21.3. The summed E-state index contributed by atoms with van der Waals surface area (Å²) in [5, 5.41) is 3.00. The summed E-state index contributed by atoms with van der Waals surface area (Å²) < 4.78 is 17.2. The van der Waals surface area contributed by atoms with Crippen LogP contribution in [0.15, 0.2) is 42.5 Å². The van der Waals surface area contributed by atoms with Crippen LogP contribution in [-0.4, -0.2) is 59.0 Å². The van der Waals surface area contributed by atoms with Crippen LogP contribution >= 0.6 is 0 Å². The molecule has 1 N–H and O–H groups in total. The van der Waals surface area contributed by atoms with E-state index in [4.69, 9.17) is 14.2 Å². The molecule has 3 rings (SSSR count). The minimum Gasteiger partial charge on any atom is -0.492 e. The molecule has 0 aliphatic carbocycles. The number of para-hydroxylation sites is 1. The molecule has 0 atom stereocenters. The van der Waals surface area contributed by atoms with Crippen molar-refractivity contribution < 1.29 is 19.0 Å². The van der Waals surface area contributed by atoms with Gasteiger partial charge in [-0.25, -0.2) is 0 Å². The van der Waals surface area contributed by atoms with Crippen LogP contribution < -0.4 is 24.6 Å². The van der Waals surface area contributed by atoms with Gasteiger partial charge in [-0.15, -0.1) is 0 Å². The van der Waals surface area contributed by atoms with Crippen molar-refractivity contribution in [3.05, 3.63) is 42.5 Å². The number of carbonyl (C=O) groups is 1. The van der Waals surface area contributed by atoms with E-state index in [0.29, 0.717) is 37.9 Å². The molecule has 1 amide bonds. The van der Waals surface area contributed by atoms with Crippen LogP contribution in [0.5, 0.6) is 11.5 Å². The molecule has 7 heteroatoms. The predicted octanol–water partition coefficient (Wildman–Crippen LogP) is 3.40. The number of likely N-dealkylation sites (N-methyl/N-ethyl adjacent to an activating group) is 1.